The zero-order valence-electron chi connectivity index (χ0n) is 44.8. The van der Waals surface area contributed by atoms with Crippen molar-refractivity contribution in [2.45, 2.75) is 101 Å². The number of carboxylic acids is 2. The number of aliphatic carboxylic acids is 2. The van der Waals surface area contributed by atoms with Crippen molar-refractivity contribution < 1.29 is 125 Å². The summed E-state index contributed by atoms with van der Waals surface area (Å²) in [5.41, 5.74) is -3.61. The summed E-state index contributed by atoms with van der Waals surface area (Å²) in [5, 5.41) is 27.6. The number of carboxylic acid groups (broad SMARTS) is 2. The summed E-state index contributed by atoms with van der Waals surface area (Å²) in [7, 11) is 0. The number of oxime groups is 2. The fraction of sp³-hybridized carbons (Fsp3) is 0.392. The number of alkyl halides is 12. The molecule has 4 aromatic rings. The van der Waals surface area contributed by atoms with E-state index in [1.165, 1.54) is 30.3 Å². The number of ether oxygens (including phenoxy) is 1. The highest BCUT2D eigenvalue weighted by atomic mass is 35.5. The van der Waals surface area contributed by atoms with Crippen LogP contribution in [0, 0.1) is 25.5 Å². The average Bonchev–Trinajstić information content (AvgIpc) is 1.88. The van der Waals surface area contributed by atoms with Crippen LogP contribution in [-0.2, 0) is 44.9 Å². The van der Waals surface area contributed by atoms with Crippen molar-refractivity contribution in [2.75, 3.05) is 26.3 Å². The maximum atomic E-state index is 14.3. The van der Waals surface area contributed by atoms with Crippen molar-refractivity contribution in [3.8, 4) is 0 Å². The van der Waals surface area contributed by atoms with Gasteiger partial charge in [-0.25, -0.2) is 23.2 Å². The van der Waals surface area contributed by atoms with Gasteiger partial charge in [0.05, 0.1) is 50.7 Å². The van der Waals surface area contributed by atoms with Gasteiger partial charge in [-0.1, -0.05) is 68.8 Å². The Bertz CT molecular complexity index is 3270. The topological polar surface area (TPSA) is 243 Å². The van der Waals surface area contributed by atoms with Gasteiger partial charge in [0.2, 0.25) is 0 Å². The van der Waals surface area contributed by atoms with E-state index in [-0.39, 0.29) is 42.1 Å². The number of quaternary nitrogens is 1. The Balaban J connectivity index is 0.000000263. The molecule has 4 aliphatic heterocycles. The monoisotopic (exact) mass is 1340 g/mol. The Morgan fingerprint density at radius 1 is 0.655 bits per heavy atom. The average molecular weight is 1340 g/mol. The van der Waals surface area contributed by atoms with E-state index < -0.39 is 127 Å². The second-order valence-electron chi connectivity index (χ2n) is 19.8. The molecule has 8 rings (SSSR count). The minimum absolute atomic E-state index is 0.0118. The number of nitrogens with two attached hydrogens (primary N) is 1. The molecule has 87 heavy (non-hydrogen) atoms. The molecular formula is C51H44Cl4F14N6O12. The number of benzene rings is 4. The number of nitrogens with one attached hydrogen (secondary N) is 2. The molecule has 4 heterocycles. The molecule has 4 aliphatic rings. The number of hydrogen-bond donors (Lipinski definition) is 4. The second kappa shape index (κ2) is 27.2. The summed E-state index contributed by atoms with van der Waals surface area (Å²) < 4.78 is 181. The van der Waals surface area contributed by atoms with Crippen molar-refractivity contribution in [3.63, 3.8) is 0 Å². The van der Waals surface area contributed by atoms with Crippen LogP contribution in [0.3, 0.4) is 0 Å². The lowest BCUT2D eigenvalue weighted by Gasteiger charge is -2.29. The molecule has 0 saturated carbocycles. The molecule has 5 N–H and O–H groups in total. The molecule has 3 amide bonds. The number of hydroxylamine groups is 3. The van der Waals surface area contributed by atoms with E-state index in [1.807, 2.05) is 0 Å². The maximum absolute atomic E-state index is 14.3. The van der Waals surface area contributed by atoms with Gasteiger partial charge in [0.25, 0.3) is 23.0 Å². The van der Waals surface area contributed by atoms with Crippen LogP contribution in [0.1, 0.15) is 87.7 Å². The predicted octanol–water partition coefficient (Wildman–Crippen LogP) is 9.87. The summed E-state index contributed by atoms with van der Waals surface area (Å²) in [6.45, 7) is 9.52. The third-order valence-corrected chi connectivity index (χ3v) is 13.3. The first-order valence-electron chi connectivity index (χ1n) is 24.3. The first kappa shape index (κ1) is 70.8. The van der Waals surface area contributed by atoms with Gasteiger partial charge in [0.1, 0.15) is 30.8 Å². The van der Waals surface area contributed by atoms with Gasteiger partial charge in [-0.05, 0) is 105 Å². The van der Waals surface area contributed by atoms with Crippen molar-refractivity contribution in [1.82, 2.24) is 15.7 Å². The lowest BCUT2D eigenvalue weighted by molar-refractivity contribution is -0.874. The number of carbonyl (C=O) groups is 5. The van der Waals surface area contributed by atoms with Crippen LogP contribution in [-0.4, -0.2) is 120 Å². The third-order valence-electron chi connectivity index (χ3n) is 12.2. The fourth-order valence-corrected chi connectivity index (χ4v) is 8.94. The molecule has 476 valence electrons. The highest BCUT2D eigenvalue weighted by Crippen LogP contribution is 2.52. The van der Waals surface area contributed by atoms with Crippen LogP contribution in [0.4, 0.5) is 66.3 Å². The number of rotatable bonds is 8. The standard InChI is InChI=1S/C26H25Cl2F4N3O5.C21H17Cl2F4N3O3.2C2HF3O2/c1-13-7-14(5-6-17(13)22(36)33-16-11-35(38-12-16)23(37)39-24(2,3)4)20-10-25(40-34-20,26(30,31)32)15-8-18(27)21(29)19(28)9-15;1-10-4-11(2-3-14(10)19(31)29-13-8-28-32-9-13)17-7-20(33-30-17,21(25,26)27)12-5-15(22)18(24)16(23)6-12;2*3-2(4,5)1(6)7/h5-9,16H,10-12H2,1-4H3,(H,33,36);2-6,13,28H,7-9H2,1H3,(H,29,31);2*(H,6,7). The number of amides is 3. The first-order valence-corrected chi connectivity index (χ1v) is 25.8. The largest absolute Gasteiger partial charge is 0.542 e. The molecule has 0 aromatic heterocycles. The third kappa shape index (κ3) is 17.4. The zero-order chi connectivity index (χ0) is 65.7. The van der Waals surface area contributed by atoms with E-state index >= 15 is 0 Å². The van der Waals surface area contributed by atoms with Crippen LogP contribution in [0.15, 0.2) is 71.0 Å². The molecule has 0 radical (unpaired) electrons. The minimum atomic E-state index is -5.19. The van der Waals surface area contributed by atoms with Crippen LogP contribution in [0.25, 0.3) is 0 Å². The molecule has 2 fully saturated rings. The summed E-state index contributed by atoms with van der Waals surface area (Å²) >= 11 is 22.9. The molecule has 0 bridgehead atoms. The van der Waals surface area contributed by atoms with Crippen molar-refractivity contribution in [1.29, 1.82) is 0 Å². The summed E-state index contributed by atoms with van der Waals surface area (Å²) in [6.07, 6.45) is -22.2. The van der Waals surface area contributed by atoms with E-state index in [2.05, 4.69) is 20.9 Å². The van der Waals surface area contributed by atoms with Gasteiger partial charge in [-0.15, -0.1) is 0 Å². The number of halogens is 18. The van der Waals surface area contributed by atoms with E-state index in [0.717, 1.165) is 29.3 Å². The van der Waals surface area contributed by atoms with Gasteiger partial charge in [0.15, 0.2) is 11.6 Å². The highest BCUT2D eigenvalue weighted by molar-refractivity contribution is 6.35. The number of aryl methyl sites for hydroxylation is 2. The Kier molecular flexibility index (Phi) is 22.1. The molecule has 36 heteroatoms. The van der Waals surface area contributed by atoms with E-state index in [1.54, 1.807) is 46.2 Å². The Morgan fingerprint density at radius 3 is 1.34 bits per heavy atom. The zero-order valence-corrected chi connectivity index (χ0v) is 47.9. The van der Waals surface area contributed by atoms with Gasteiger partial charge in [0, 0.05) is 35.1 Å². The first-order chi connectivity index (χ1) is 39.9. The smallest absolute Gasteiger partial charge is 0.490 e. The van der Waals surface area contributed by atoms with Crippen LogP contribution in [0.2, 0.25) is 20.1 Å². The molecule has 0 aliphatic carbocycles. The van der Waals surface area contributed by atoms with E-state index in [9.17, 15) is 75.8 Å². The summed E-state index contributed by atoms with van der Waals surface area (Å²) in [4.78, 5) is 75.6. The Morgan fingerprint density at radius 2 is 1.03 bits per heavy atom. The van der Waals surface area contributed by atoms with Crippen molar-refractivity contribution in [3.05, 3.63) is 137 Å². The lowest BCUT2D eigenvalue weighted by atomic mass is 9.86. The molecule has 4 aromatic carbocycles. The van der Waals surface area contributed by atoms with Crippen LogP contribution in [0.5, 0.6) is 0 Å². The molecule has 2 saturated heterocycles. The van der Waals surface area contributed by atoms with E-state index in [4.69, 9.17) is 90.3 Å². The van der Waals surface area contributed by atoms with Crippen LogP contribution < -0.4 is 21.2 Å². The van der Waals surface area contributed by atoms with Crippen molar-refractivity contribution >= 4 is 87.7 Å². The fourth-order valence-electron chi connectivity index (χ4n) is 7.97. The molecular weight excluding hydrogens is 1300 g/mol. The summed E-state index contributed by atoms with van der Waals surface area (Å²) in [6, 6.07) is 11.6. The highest BCUT2D eigenvalue weighted by Gasteiger charge is 2.64. The molecule has 0 spiro atoms. The quantitative estimate of drug-likeness (QED) is 0.0952. The van der Waals surface area contributed by atoms with Gasteiger partial charge in [-0.3, -0.25) is 14.4 Å². The molecule has 4 unspecified atom stereocenters. The van der Waals surface area contributed by atoms with Gasteiger partial charge in [-0.2, -0.15) is 63.2 Å². The van der Waals surface area contributed by atoms with Gasteiger partial charge >= 0.3 is 36.8 Å². The second-order valence-corrected chi connectivity index (χ2v) is 21.5. The SMILES string of the molecule is Cc1cc(C2=NOC(c3cc(Cl)c(F)c(Cl)c3)(C(F)(F)F)C2)ccc1C(=O)NC1CON(C(=O)OC(C)(C)C)C1.Cc1cc(C2=NOC(c3cc(Cl)c(F)c(Cl)c3)(C(F)(F)F)C2)ccc1C(=O)NC1C[NH2+]OC1.O=C(O)C(F)(F)F.O=C([O-])C(F)(F)F. The number of hydrogen-bond acceptors (Lipinski definition) is 13. The van der Waals surface area contributed by atoms with Gasteiger partial charge < -0.3 is 40.1 Å². The maximum Gasteiger partial charge on any atom is 0.490 e. The Labute approximate surface area is 501 Å². The van der Waals surface area contributed by atoms with Crippen LogP contribution >= 0.6 is 46.4 Å². The molecule has 18 nitrogen and oxygen atoms in total. The number of carbonyl (C=O) groups excluding carboxylic acids is 4. The summed E-state index contributed by atoms with van der Waals surface area (Å²) in [5.74, 6) is -8.61. The van der Waals surface area contributed by atoms with Crippen molar-refractivity contribution in [2.24, 2.45) is 10.3 Å². The lowest BCUT2D eigenvalue weighted by Crippen LogP contribution is -2.80. The van der Waals surface area contributed by atoms with E-state index in [0.29, 0.717) is 41.0 Å². The minimum Gasteiger partial charge on any atom is -0.542 e. The predicted molar refractivity (Wildman–Crippen MR) is 274 cm³/mol. The number of nitrogens with zero attached hydrogens (tertiary/aromatic N) is 3. The Hall–Kier alpha value is -6.97. The normalized spacial score (nSPS) is 20.2. The molecule has 4 atom stereocenters.